The van der Waals surface area contributed by atoms with E-state index in [4.69, 9.17) is 9.47 Å². The zero-order chi connectivity index (χ0) is 20.5. The zero-order valence-corrected chi connectivity index (χ0v) is 15.5. The average Bonchev–Trinajstić information content (AvgIpc) is 3.28. The highest BCUT2D eigenvalue weighted by molar-refractivity contribution is 5.82. The second-order valence-electron chi connectivity index (χ2n) is 6.59. The Labute approximate surface area is 165 Å². The molecular formula is C18H21N5O6. The molecule has 11 nitrogen and oxygen atoms in total. The van der Waals surface area contributed by atoms with Crippen molar-refractivity contribution < 1.29 is 29.9 Å². The number of aromatic nitrogens is 4. The van der Waals surface area contributed by atoms with Crippen LogP contribution in [0.3, 0.4) is 0 Å². The molecule has 0 saturated carbocycles. The van der Waals surface area contributed by atoms with E-state index in [2.05, 4.69) is 20.3 Å². The maximum Gasteiger partial charge on any atom is 0.167 e. The Morgan fingerprint density at radius 1 is 1.21 bits per heavy atom. The third kappa shape index (κ3) is 3.34. The quantitative estimate of drug-likeness (QED) is 0.372. The number of imidazole rings is 1. The molecule has 1 aliphatic rings. The third-order valence-electron chi connectivity index (χ3n) is 4.91. The number of hydrogen-bond donors (Lipinski definition) is 5. The van der Waals surface area contributed by atoms with E-state index in [1.165, 1.54) is 24.3 Å². The Kier molecular flexibility index (Phi) is 5.20. The smallest absolute Gasteiger partial charge is 0.167 e. The SMILES string of the molecule is COc1cccc(O)c1CNc1ncnc2c1ncn2[C@@H]1O[C@H](CO)[C@@H](O)[C@@H]1O. The van der Waals surface area contributed by atoms with Crippen LogP contribution in [-0.4, -0.2) is 72.0 Å². The molecule has 0 radical (unpaired) electrons. The van der Waals surface area contributed by atoms with Gasteiger partial charge in [-0.2, -0.15) is 0 Å². The van der Waals surface area contributed by atoms with Crippen LogP contribution in [0.1, 0.15) is 11.8 Å². The largest absolute Gasteiger partial charge is 0.507 e. The number of aromatic hydroxyl groups is 1. The predicted molar refractivity (Wildman–Crippen MR) is 100 cm³/mol. The fourth-order valence-corrected chi connectivity index (χ4v) is 3.37. The molecule has 0 bridgehead atoms. The molecule has 11 heteroatoms. The minimum absolute atomic E-state index is 0.0826. The Balaban J connectivity index is 1.62. The van der Waals surface area contributed by atoms with Crippen LogP contribution in [-0.2, 0) is 11.3 Å². The van der Waals surface area contributed by atoms with Crippen LogP contribution in [0, 0.1) is 0 Å². The summed E-state index contributed by atoms with van der Waals surface area (Å²) in [6.45, 7) is -0.200. The minimum Gasteiger partial charge on any atom is -0.507 e. The summed E-state index contributed by atoms with van der Waals surface area (Å²) in [5, 5.41) is 42.7. The van der Waals surface area contributed by atoms with Crippen molar-refractivity contribution in [3.63, 3.8) is 0 Å². The molecule has 3 aromatic rings. The summed E-state index contributed by atoms with van der Waals surface area (Å²) >= 11 is 0. The van der Waals surface area contributed by atoms with Crippen molar-refractivity contribution in [2.24, 2.45) is 0 Å². The van der Waals surface area contributed by atoms with Gasteiger partial charge in [0.05, 0.1) is 25.6 Å². The molecule has 1 aromatic carbocycles. The second kappa shape index (κ2) is 7.79. The number of fused-ring (bicyclic) bond motifs is 1. The molecule has 5 N–H and O–H groups in total. The number of phenols is 1. The summed E-state index contributed by atoms with van der Waals surface area (Å²) < 4.78 is 12.3. The molecule has 3 heterocycles. The van der Waals surface area contributed by atoms with Gasteiger partial charge in [-0.1, -0.05) is 6.07 Å². The van der Waals surface area contributed by atoms with Gasteiger partial charge in [0, 0.05) is 6.54 Å². The maximum absolute atomic E-state index is 10.3. The Bertz CT molecular complexity index is 1010. The maximum atomic E-state index is 10.3. The summed E-state index contributed by atoms with van der Waals surface area (Å²) in [6, 6.07) is 4.98. The molecule has 1 fully saturated rings. The molecule has 0 amide bonds. The van der Waals surface area contributed by atoms with Crippen LogP contribution in [0.25, 0.3) is 11.2 Å². The molecule has 154 valence electrons. The van der Waals surface area contributed by atoms with Gasteiger partial charge >= 0.3 is 0 Å². The lowest BCUT2D eigenvalue weighted by Gasteiger charge is -2.16. The third-order valence-corrected chi connectivity index (χ3v) is 4.91. The second-order valence-corrected chi connectivity index (χ2v) is 6.59. The molecule has 0 unspecified atom stereocenters. The first-order valence-corrected chi connectivity index (χ1v) is 8.93. The molecule has 0 aliphatic carbocycles. The van der Waals surface area contributed by atoms with Gasteiger partial charge in [-0.15, -0.1) is 0 Å². The number of methoxy groups -OCH3 is 1. The lowest BCUT2D eigenvalue weighted by molar-refractivity contribution is -0.0511. The van der Waals surface area contributed by atoms with Crippen LogP contribution in [0.4, 0.5) is 5.82 Å². The number of anilines is 1. The summed E-state index contributed by atoms with van der Waals surface area (Å²) in [5.74, 6) is 1.02. The van der Waals surface area contributed by atoms with E-state index < -0.39 is 31.1 Å². The van der Waals surface area contributed by atoms with Crippen molar-refractivity contribution in [3.8, 4) is 11.5 Å². The van der Waals surface area contributed by atoms with E-state index in [9.17, 15) is 20.4 Å². The van der Waals surface area contributed by atoms with Crippen LogP contribution >= 0.6 is 0 Å². The summed E-state index contributed by atoms with van der Waals surface area (Å²) in [4.78, 5) is 12.7. The van der Waals surface area contributed by atoms with Crippen molar-refractivity contribution in [2.75, 3.05) is 19.0 Å². The van der Waals surface area contributed by atoms with Crippen molar-refractivity contribution >= 4 is 17.0 Å². The molecule has 0 spiro atoms. The van der Waals surface area contributed by atoms with Crippen molar-refractivity contribution in [2.45, 2.75) is 31.1 Å². The normalized spacial score (nSPS) is 24.1. The summed E-state index contributed by atoms with van der Waals surface area (Å²) in [7, 11) is 1.52. The topological polar surface area (TPSA) is 155 Å². The highest BCUT2D eigenvalue weighted by Crippen LogP contribution is 2.33. The number of benzene rings is 1. The predicted octanol–water partition coefficient (Wildman–Crippen LogP) is -0.236. The number of aliphatic hydroxyl groups is 3. The first kappa shape index (κ1) is 19.3. The van der Waals surface area contributed by atoms with E-state index in [-0.39, 0.29) is 12.3 Å². The van der Waals surface area contributed by atoms with Crippen LogP contribution in [0.5, 0.6) is 11.5 Å². The van der Waals surface area contributed by atoms with Crippen molar-refractivity contribution in [1.82, 2.24) is 19.5 Å². The lowest BCUT2D eigenvalue weighted by atomic mass is 10.1. The lowest BCUT2D eigenvalue weighted by Crippen LogP contribution is -2.33. The van der Waals surface area contributed by atoms with Gasteiger partial charge in [-0.05, 0) is 12.1 Å². The molecule has 4 atom stereocenters. The van der Waals surface area contributed by atoms with Crippen molar-refractivity contribution in [3.05, 3.63) is 36.4 Å². The van der Waals surface area contributed by atoms with Crippen LogP contribution in [0.2, 0.25) is 0 Å². The van der Waals surface area contributed by atoms with Gasteiger partial charge in [-0.3, -0.25) is 4.57 Å². The Morgan fingerprint density at radius 2 is 2.03 bits per heavy atom. The van der Waals surface area contributed by atoms with Gasteiger partial charge in [0.1, 0.15) is 36.1 Å². The Hall–Kier alpha value is -2.99. The van der Waals surface area contributed by atoms with E-state index in [0.717, 1.165) is 0 Å². The molecule has 1 aliphatic heterocycles. The van der Waals surface area contributed by atoms with Crippen LogP contribution in [0.15, 0.2) is 30.9 Å². The first-order chi connectivity index (χ1) is 14.0. The van der Waals surface area contributed by atoms with Crippen molar-refractivity contribution in [1.29, 1.82) is 0 Å². The standard InChI is InChI=1S/C18H21N5O6/c1-28-11-4-2-3-10(25)9(11)5-19-16-13-17(21-7-20-16)23(8-22-13)18-15(27)14(26)12(6-24)29-18/h2-4,7-8,12,14-15,18,24-27H,5-6H2,1H3,(H,19,20,21)/t12-,14-,15+,18-/m1/s1. The van der Waals surface area contributed by atoms with E-state index in [1.807, 2.05) is 0 Å². The number of aliphatic hydroxyl groups excluding tert-OH is 3. The number of nitrogens with one attached hydrogen (secondary N) is 1. The van der Waals surface area contributed by atoms with Gasteiger partial charge in [-0.25, -0.2) is 15.0 Å². The van der Waals surface area contributed by atoms with Gasteiger partial charge in [0.15, 0.2) is 23.2 Å². The summed E-state index contributed by atoms with van der Waals surface area (Å²) in [5.41, 5.74) is 1.35. The fraction of sp³-hybridized carbons (Fsp3) is 0.389. The number of ether oxygens (including phenoxy) is 2. The zero-order valence-electron chi connectivity index (χ0n) is 15.5. The van der Waals surface area contributed by atoms with Gasteiger partial charge in [0.25, 0.3) is 0 Å². The monoisotopic (exact) mass is 403 g/mol. The minimum atomic E-state index is -1.25. The van der Waals surface area contributed by atoms with E-state index in [0.29, 0.717) is 28.3 Å². The molecule has 29 heavy (non-hydrogen) atoms. The highest BCUT2D eigenvalue weighted by atomic mass is 16.6. The van der Waals surface area contributed by atoms with E-state index >= 15 is 0 Å². The number of rotatable bonds is 6. The van der Waals surface area contributed by atoms with E-state index in [1.54, 1.807) is 18.2 Å². The molecular weight excluding hydrogens is 382 g/mol. The highest BCUT2D eigenvalue weighted by Gasteiger charge is 2.44. The average molecular weight is 403 g/mol. The van der Waals surface area contributed by atoms with Crippen LogP contribution < -0.4 is 10.1 Å². The Morgan fingerprint density at radius 3 is 2.76 bits per heavy atom. The van der Waals surface area contributed by atoms with Gasteiger partial charge in [0.2, 0.25) is 0 Å². The molecule has 2 aromatic heterocycles. The van der Waals surface area contributed by atoms with Gasteiger partial charge < -0.3 is 35.2 Å². The number of phenolic OH excluding ortho intramolecular Hbond substituents is 1. The number of nitrogens with zero attached hydrogens (tertiary/aromatic N) is 4. The summed E-state index contributed by atoms with van der Waals surface area (Å²) in [6.07, 6.45) is -1.58. The molecule has 1 saturated heterocycles. The fourth-order valence-electron chi connectivity index (χ4n) is 3.37. The molecule has 4 rings (SSSR count). The first-order valence-electron chi connectivity index (χ1n) is 8.93. The number of hydrogen-bond acceptors (Lipinski definition) is 10.